The Kier molecular flexibility index (Phi) is 4.86. The first-order valence-electron chi connectivity index (χ1n) is 7.26. The molecule has 2 rings (SSSR count). The minimum atomic E-state index is -0.489. The molecule has 0 aliphatic heterocycles. The number of thiazole rings is 1. The van der Waals surface area contributed by atoms with Crippen molar-refractivity contribution in [3.05, 3.63) is 41.0 Å². The van der Waals surface area contributed by atoms with Gasteiger partial charge in [0.05, 0.1) is 22.1 Å². The van der Waals surface area contributed by atoms with Gasteiger partial charge in [-0.25, -0.2) is 9.78 Å². The molecule has 1 N–H and O–H groups in total. The number of nitrogens with one attached hydrogen (secondary N) is 1. The zero-order valence-corrected chi connectivity index (χ0v) is 14.5. The van der Waals surface area contributed by atoms with Crippen LogP contribution in [-0.4, -0.2) is 16.7 Å². The van der Waals surface area contributed by atoms with Gasteiger partial charge in [0.2, 0.25) is 0 Å². The summed E-state index contributed by atoms with van der Waals surface area (Å²) >= 11 is 1.63. The van der Waals surface area contributed by atoms with Crippen molar-refractivity contribution < 1.29 is 9.53 Å². The number of carbonyl (C=O) groups is 1. The zero-order valence-electron chi connectivity index (χ0n) is 13.6. The van der Waals surface area contributed by atoms with E-state index < -0.39 is 11.7 Å². The summed E-state index contributed by atoms with van der Waals surface area (Å²) in [6, 6.07) is 8.06. The van der Waals surface area contributed by atoms with E-state index in [0.717, 1.165) is 16.8 Å². The van der Waals surface area contributed by atoms with E-state index in [-0.39, 0.29) is 6.04 Å². The fourth-order valence-electron chi connectivity index (χ4n) is 2.07. The van der Waals surface area contributed by atoms with Gasteiger partial charge in [-0.15, -0.1) is 11.3 Å². The van der Waals surface area contributed by atoms with Crippen LogP contribution in [-0.2, 0) is 4.74 Å². The van der Waals surface area contributed by atoms with Crippen molar-refractivity contribution in [2.24, 2.45) is 0 Å². The number of aromatic nitrogens is 1. The van der Waals surface area contributed by atoms with Crippen LogP contribution in [0.2, 0.25) is 0 Å². The summed E-state index contributed by atoms with van der Waals surface area (Å²) in [5, 5.41) is 2.85. The molecule has 0 radical (unpaired) electrons. The van der Waals surface area contributed by atoms with Crippen LogP contribution >= 0.6 is 11.3 Å². The molecule has 118 valence electrons. The van der Waals surface area contributed by atoms with E-state index in [2.05, 4.69) is 22.4 Å². The summed E-state index contributed by atoms with van der Waals surface area (Å²) < 4.78 is 5.27. The standard InChI is InChI=1S/C17H22N2O2S/c1-11(19-16(20)21-17(3,4)5)13-6-8-14(9-7-13)15-12(2)18-10-22-15/h6-11H,1-5H3,(H,19,20)/t11-/m0/s1. The summed E-state index contributed by atoms with van der Waals surface area (Å²) in [6.07, 6.45) is -0.401. The lowest BCUT2D eigenvalue weighted by Gasteiger charge is -2.22. The number of benzene rings is 1. The van der Waals surface area contributed by atoms with E-state index in [1.165, 1.54) is 4.88 Å². The number of nitrogens with zero attached hydrogens (tertiary/aromatic N) is 1. The smallest absolute Gasteiger partial charge is 0.408 e. The number of carbonyl (C=O) groups excluding carboxylic acids is 1. The summed E-state index contributed by atoms with van der Waals surface area (Å²) in [5.74, 6) is 0. The van der Waals surface area contributed by atoms with Crippen LogP contribution in [0, 0.1) is 6.92 Å². The van der Waals surface area contributed by atoms with Gasteiger partial charge in [0, 0.05) is 0 Å². The Labute approximate surface area is 135 Å². The Morgan fingerprint density at radius 3 is 2.41 bits per heavy atom. The Morgan fingerprint density at radius 1 is 1.27 bits per heavy atom. The maximum Gasteiger partial charge on any atom is 0.408 e. The highest BCUT2D eigenvalue weighted by Gasteiger charge is 2.18. The highest BCUT2D eigenvalue weighted by atomic mass is 32.1. The van der Waals surface area contributed by atoms with Gasteiger partial charge in [0.15, 0.2) is 0 Å². The molecule has 1 atom stereocenters. The molecule has 1 aromatic carbocycles. The molecular weight excluding hydrogens is 296 g/mol. The van der Waals surface area contributed by atoms with Crippen LogP contribution < -0.4 is 5.32 Å². The van der Waals surface area contributed by atoms with E-state index in [1.807, 2.05) is 52.3 Å². The summed E-state index contributed by atoms with van der Waals surface area (Å²) in [5.41, 5.74) is 4.59. The topological polar surface area (TPSA) is 51.2 Å². The molecular formula is C17H22N2O2S. The molecule has 22 heavy (non-hydrogen) atoms. The molecule has 1 heterocycles. The third-order valence-corrected chi connectivity index (χ3v) is 4.13. The van der Waals surface area contributed by atoms with Crippen LogP contribution in [0.3, 0.4) is 0 Å². The number of hydrogen-bond donors (Lipinski definition) is 1. The normalized spacial score (nSPS) is 12.8. The van der Waals surface area contributed by atoms with E-state index in [4.69, 9.17) is 4.74 Å². The lowest BCUT2D eigenvalue weighted by atomic mass is 10.1. The first kappa shape index (κ1) is 16.5. The van der Waals surface area contributed by atoms with Crippen molar-refractivity contribution in [3.8, 4) is 10.4 Å². The number of ether oxygens (including phenoxy) is 1. The lowest BCUT2D eigenvalue weighted by Crippen LogP contribution is -2.34. The van der Waals surface area contributed by atoms with Crippen molar-refractivity contribution >= 4 is 17.4 Å². The van der Waals surface area contributed by atoms with Crippen molar-refractivity contribution in [2.75, 3.05) is 0 Å². The van der Waals surface area contributed by atoms with Crippen molar-refractivity contribution in [1.82, 2.24) is 10.3 Å². The van der Waals surface area contributed by atoms with Crippen LogP contribution in [0.4, 0.5) is 4.79 Å². The molecule has 0 saturated carbocycles. The Morgan fingerprint density at radius 2 is 1.91 bits per heavy atom. The van der Waals surface area contributed by atoms with Crippen LogP contribution in [0.1, 0.15) is 45.0 Å². The number of alkyl carbamates (subject to hydrolysis) is 1. The van der Waals surface area contributed by atoms with Gasteiger partial charge in [0.1, 0.15) is 5.60 Å². The van der Waals surface area contributed by atoms with E-state index in [0.29, 0.717) is 0 Å². The monoisotopic (exact) mass is 318 g/mol. The molecule has 1 aromatic heterocycles. The Hall–Kier alpha value is -1.88. The SMILES string of the molecule is Cc1ncsc1-c1ccc([C@H](C)NC(=O)OC(C)(C)C)cc1. The Balaban J connectivity index is 2.04. The van der Waals surface area contributed by atoms with Crippen LogP contribution in [0.25, 0.3) is 10.4 Å². The molecule has 1 amide bonds. The highest BCUT2D eigenvalue weighted by Crippen LogP contribution is 2.28. The maximum absolute atomic E-state index is 11.8. The van der Waals surface area contributed by atoms with Gasteiger partial charge in [-0.05, 0) is 45.7 Å². The fourth-order valence-corrected chi connectivity index (χ4v) is 2.88. The third-order valence-electron chi connectivity index (χ3n) is 3.15. The average Bonchev–Trinajstić information content (AvgIpc) is 2.83. The average molecular weight is 318 g/mol. The van der Waals surface area contributed by atoms with Gasteiger partial charge >= 0.3 is 6.09 Å². The third kappa shape index (κ3) is 4.31. The second kappa shape index (κ2) is 6.48. The van der Waals surface area contributed by atoms with Gasteiger partial charge in [-0.3, -0.25) is 0 Å². The van der Waals surface area contributed by atoms with Gasteiger partial charge < -0.3 is 10.1 Å². The lowest BCUT2D eigenvalue weighted by molar-refractivity contribution is 0.0508. The first-order valence-corrected chi connectivity index (χ1v) is 8.14. The maximum atomic E-state index is 11.8. The molecule has 0 spiro atoms. The van der Waals surface area contributed by atoms with Gasteiger partial charge in [-0.1, -0.05) is 24.3 Å². The van der Waals surface area contributed by atoms with Crippen LogP contribution in [0.15, 0.2) is 29.8 Å². The molecule has 0 bridgehead atoms. The molecule has 5 heteroatoms. The van der Waals surface area contributed by atoms with Crippen molar-refractivity contribution in [3.63, 3.8) is 0 Å². The molecule has 2 aromatic rings. The molecule has 0 fully saturated rings. The van der Waals surface area contributed by atoms with Crippen molar-refractivity contribution in [2.45, 2.75) is 46.3 Å². The fraction of sp³-hybridized carbons (Fsp3) is 0.412. The molecule has 4 nitrogen and oxygen atoms in total. The van der Waals surface area contributed by atoms with Gasteiger partial charge in [-0.2, -0.15) is 0 Å². The first-order chi connectivity index (χ1) is 10.3. The summed E-state index contributed by atoms with van der Waals surface area (Å²) in [4.78, 5) is 17.2. The second-order valence-electron chi connectivity index (χ2n) is 6.26. The number of aryl methyl sites for hydroxylation is 1. The zero-order chi connectivity index (χ0) is 16.3. The predicted octanol–water partition coefficient (Wildman–Crippen LogP) is 4.70. The number of hydrogen-bond acceptors (Lipinski definition) is 4. The molecule has 0 aliphatic rings. The Bertz CT molecular complexity index is 641. The number of rotatable bonds is 3. The quantitative estimate of drug-likeness (QED) is 0.892. The number of amides is 1. The predicted molar refractivity (Wildman–Crippen MR) is 90.1 cm³/mol. The summed E-state index contributed by atoms with van der Waals surface area (Å²) in [7, 11) is 0. The van der Waals surface area contributed by atoms with E-state index in [1.54, 1.807) is 11.3 Å². The second-order valence-corrected chi connectivity index (χ2v) is 7.11. The highest BCUT2D eigenvalue weighted by molar-refractivity contribution is 7.13. The minimum Gasteiger partial charge on any atom is -0.444 e. The molecule has 0 aliphatic carbocycles. The van der Waals surface area contributed by atoms with Crippen molar-refractivity contribution in [1.29, 1.82) is 0 Å². The molecule has 0 saturated heterocycles. The molecule has 0 unspecified atom stereocenters. The van der Waals surface area contributed by atoms with E-state index in [9.17, 15) is 4.79 Å². The largest absolute Gasteiger partial charge is 0.444 e. The summed E-state index contributed by atoms with van der Waals surface area (Å²) in [6.45, 7) is 9.50. The minimum absolute atomic E-state index is 0.105. The van der Waals surface area contributed by atoms with Crippen LogP contribution in [0.5, 0.6) is 0 Å². The van der Waals surface area contributed by atoms with Gasteiger partial charge in [0.25, 0.3) is 0 Å². The van der Waals surface area contributed by atoms with E-state index >= 15 is 0 Å².